The van der Waals surface area contributed by atoms with Crippen LogP contribution >= 0.6 is 0 Å². The summed E-state index contributed by atoms with van der Waals surface area (Å²) in [6, 6.07) is 46.6. The molecule has 4 nitrogen and oxygen atoms in total. The smallest absolute Gasteiger partial charge is 0.227 e. The third kappa shape index (κ3) is 4.42. The summed E-state index contributed by atoms with van der Waals surface area (Å²) < 4.78 is 12.5. The van der Waals surface area contributed by atoms with Crippen LogP contribution in [0.1, 0.15) is 17.7 Å². The van der Waals surface area contributed by atoms with Gasteiger partial charge in [-0.2, -0.15) is 0 Å². The zero-order chi connectivity index (χ0) is 29.7. The molecule has 6 aromatic carbocycles. The molecule has 2 aromatic heterocycles. The van der Waals surface area contributed by atoms with Crippen molar-refractivity contribution in [2.45, 2.75) is 12.8 Å². The predicted molar refractivity (Wildman–Crippen MR) is 184 cm³/mol. The second-order valence-electron chi connectivity index (χ2n) is 11.5. The van der Waals surface area contributed by atoms with Gasteiger partial charge in [0.05, 0.1) is 0 Å². The lowest BCUT2D eigenvalue weighted by atomic mass is 10.0. The monoisotopic (exact) mass is 580 g/mol. The SMILES string of the molecule is C1=Cc2oc3ccc(N(c4ccc(-c5ccccc5)cc4)c4ccc(-c5nc6ccc7ccccc7c6o5)cc4)cc3c2CC1. The standard InChI is InChI=1S/C41H28N2O2/c1-2-8-27(9-3-1)28-14-19-31(20-15-28)43(33-23-25-39-36(26-33)35-12-6-7-13-38(35)44-39)32-21-16-30(17-22-32)41-42-37-24-18-29-10-4-5-11-34(29)40(37)45-41/h1-5,7-11,13-26H,6,12H2. The number of benzene rings is 6. The third-order valence-electron chi connectivity index (χ3n) is 8.78. The maximum Gasteiger partial charge on any atom is 0.227 e. The highest BCUT2D eigenvalue weighted by molar-refractivity contribution is 6.03. The summed E-state index contributed by atoms with van der Waals surface area (Å²) in [4.78, 5) is 7.14. The van der Waals surface area contributed by atoms with Crippen LogP contribution in [0.2, 0.25) is 0 Å². The van der Waals surface area contributed by atoms with Gasteiger partial charge in [0.1, 0.15) is 16.9 Å². The van der Waals surface area contributed by atoms with E-state index in [2.05, 4.69) is 126 Å². The zero-order valence-corrected chi connectivity index (χ0v) is 24.5. The van der Waals surface area contributed by atoms with Crippen LogP contribution in [0.4, 0.5) is 17.1 Å². The molecular formula is C41H28N2O2. The second-order valence-corrected chi connectivity index (χ2v) is 11.5. The number of furan rings is 1. The minimum atomic E-state index is 0.617. The second kappa shape index (κ2) is 10.4. The zero-order valence-electron chi connectivity index (χ0n) is 24.5. The van der Waals surface area contributed by atoms with Gasteiger partial charge in [-0.1, -0.05) is 78.9 Å². The Morgan fingerprint density at radius 3 is 2.11 bits per heavy atom. The maximum atomic E-state index is 6.34. The minimum Gasteiger partial charge on any atom is -0.456 e. The van der Waals surface area contributed by atoms with Gasteiger partial charge in [0.25, 0.3) is 0 Å². The van der Waals surface area contributed by atoms with Gasteiger partial charge in [0.2, 0.25) is 5.89 Å². The molecule has 0 amide bonds. The first kappa shape index (κ1) is 25.6. The highest BCUT2D eigenvalue weighted by Crippen LogP contribution is 2.40. The summed E-state index contributed by atoms with van der Waals surface area (Å²) in [7, 11) is 0. The highest BCUT2D eigenvalue weighted by atomic mass is 16.3. The minimum absolute atomic E-state index is 0.617. The molecule has 2 heterocycles. The largest absolute Gasteiger partial charge is 0.456 e. The van der Waals surface area contributed by atoms with Gasteiger partial charge in [-0.25, -0.2) is 4.98 Å². The van der Waals surface area contributed by atoms with Crippen LogP contribution in [0.3, 0.4) is 0 Å². The molecular weight excluding hydrogens is 552 g/mol. The Kier molecular flexibility index (Phi) is 5.91. The van der Waals surface area contributed by atoms with Crippen molar-refractivity contribution >= 4 is 56.0 Å². The van der Waals surface area contributed by atoms with Crippen molar-refractivity contribution in [3.63, 3.8) is 0 Å². The Labute approximate surface area is 260 Å². The Hall–Kier alpha value is -5.87. The van der Waals surface area contributed by atoms with Crippen LogP contribution in [0.25, 0.3) is 61.5 Å². The Balaban J connectivity index is 1.14. The Morgan fingerprint density at radius 2 is 1.29 bits per heavy atom. The lowest BCUT2D eigenvalue weighted by molar-refractivity contribution is 0.595. The van der Waals surface area contributed by atoms with Gasteiger partial charge in [-0.3, -0.25) is 0 Å². The quantitative estimate of drug-likeness (QED) is 0.203. The maximum absolute atomic E-state index is 6.34. The first-order valence-corrected chi connectivity index (χ1v) is 15.3. The van der Waals surface area contributed by atoms with Crippen LogP contribution in [0.5, 0.6) is 0 Å². The van der Waals surface area contributed by atoms with E-state index in [1.54, 1.807) is 0 Å². The van der Waals surface area contributed by atoms with Crippen LogP contribution in [0.15, 0.2) is 148 Å². The molecule has 0 fully saturated rings. The lowest BCUT2D eigenvalue weighted by Gasteiger charge is -2.26. The summed E-state index contributed by atoms with van der Waals surface area (Å²) in [6.07, 6.45) is 6.31. The highest BCUT2D eigenvalue weighted by Gasteiger charge is 2.19. The van der Waals surface area contributed by atoms with Crippen molar-refractivity contribution in [3.05, 3.63) is 151 Å². The Morgan fingerprint density at radius 1 is 0.578 bits per heavy atom. The summed E-state index contributed by atoms with van der Waals surface area (Å²) in [6.45, 7) is 0. The number of nitrogens with zero attached hydrogens (tertiary/aromatic N) is 2. The molecule has 0 N–H and O–H groups in total. The van der Waals surface area contributed by atoms with E-state index in [0.717, 1.165) is 68.7 Å². The number of aromatic nitrogens is 1. The molecule has 9 rings (SSSR count). The first-order chi connectivity index (χ1) is 22.3. The molecule has 0 bridgehead atoms. The molecule has 0 saturated carbocycles. The molecule has 0 aliphatic heterocycles. The molecule has 0 spiro atoms. The van der Waals surface area contributed by atoms with E-state index in [4.69, 9.17) is 13.8 Å². The average Bonchev–Trinajstić information content (AvgIpc) is 3.72. The Bertz CT molecular complexity index is 2360. The predicted octanol–water partition coefficient (Wildman–Crippen LogP) is 11.5. The van der Waals surface area contributed by atoms with Crippen molar-refractivity contribution in [3.8, 4) is 22.6 Å². The number of allylic oxidation sites excluding steroid dienone is 1. The van der Waals surface area contributed by atoms with Crippen LogP contribution in [0, 0.1) is 0 Å². The van der Waals surface area contributed by atoms with Crippen LogP contribution in [-0.4, -0.2) is 4.98 Å². The topological polar surface area (TPSA) is 42.4 Å². The number of hydrogen-bond donors (Lipinski definition) is 0. The molecule has 0 saturated heterocycles. The number of oxazole rings is 1. The molecule has 4 heteroatoms. The van der Waals surface area contributed by atoms with E-state index in [9.17, 15) is 0 Å². The van der Waals surface area contributed by atoms with Crippen LogP contribution < -0.4 is 4.90 Å². The molecule has 214 valence electrons. The van der Waals surface area contributed by atoms with Gasteiger partial charge < -0.3 is 13.7 Å². The van der Waals surface area contributed by atoms with Crippen molar-refractivity contribution < 1.29 is 8.83 Å². The first-order valence-electron chi connectivity index (χ1n) is 15.3. The average molecular weight is 581 g/mol. The molecule has 0 atom stereocenters. The van der Waals surface area contributed by atoms with Gasteiger partial charge in [0.15, 0.2) is 5.58 Å². The number of fused-ring (bicyclic) bond motifs is 6. The molecule has 8 aromatic rings. The summed E-state index contributed by atoms with van der Waals surface area (Å²) in [5.41, 5.74) is 10.4. The third-order valence-corrected chi connectivity index (χ3v) is 8.78. The fraction of sp³-hybridized carbons (Fsp3) is 0.0488. The number of anilines is 3. The molecule has 1 aliphatic rings. The molecule has 45 heavy (non-hydrogen) atoms. The van der Waals surface area contributed by atoms with E-state index in [1.807, 2.05) is 24.3 Å². The summed E-state index contributed by atoms with van der Waals surface area (Å²) >= 11 is 0. The molecule has 0 unspecified atom stereocenters. The van der Waals surface area contributed by atoms with Crippen LogP contribution in [-0.2, 0) is 6.42 Å². The fourth-order valence-corrected chi connectivity index (χ4v) is 6.52. The van der Waals surface area contributed by atoms with Crippen molar-refractivity contribution in [2.24, 2.45) is 0 Å². The summed E-state index contributed by atoms with van der Waals surface area (Å²) in [5, 5.41) is 3.39. The van der Waals surface area contributed by atoms with E-state index in [1.165, 1.54) is 22.1 Å². The van der Waals surface area contributed by atoms with E-state index < -0.39 is 0 Å². The van der Waals surface area contributed by atoms with Gasteiger partial charge >= 0.3 is 0 Å². The van der Waals surface area contributed by atoms with E-state index >= 15 is 0 Å². The van der Waals surface area contributed by atoms with Crippen molar-refractivity contribution in [2.75, 3.05) is 4.90 Å². The molecule has 1 aliphatic carbocycles. The van der Waals surface area contributed by atoms with Crippen molar-refractivity contribution in [1.82, 2.24) is 4.98 Å². The van der Waals surface area contributed by atoms with E-state index in [0.29, 0.717) is 5.89 Å². The van der Waals surface area contributed by atoms with Crippen molar-refractivity contribution in [1.29, 1.82) is 0 Å². The number of aryl methyl sites for hydroxylation is 1. The fourth-order valence-electron chi connectivity index (χ4n) is 6.52. The normalized spacial score (nSPS) is 12.6. The van der Waals surface area contributed by atoms with Gasteiger partial charge in [0, 0.05) is 39.0 Å². The number of hydrogen-bond acceptors (Lipinski definition) is 4. The van der Waals surface area contributed by atoms with E-state index in [-0.39, 0.29) is 0 Å². The lowest BCUT2D eigenvalue weighted by Crippen LogP contribution is -2.09. The van der Waals surface area contributed by atoms with Gasteiger partial charge in [-0.05, 0) is 96.1 Å². The molecule has 0 radical (unpaired) electrons. The number of rotatable bonds is 5. The van der Waals surface area contributed by atoms with Gasteiger partial charge in [-0.15, -0.1) is 0 Å². The summed E-state index contributed by atoms with van der Waals surface area (Å²) in [5.74, 6) is 1.59.